The first-order valence-electron chi connectivity index (χ1n) is 3.07. The molecular weight excluding hydrogens is 148 g/mol. The van der Waals surface area contributed by atoms with E-state index in [2.05, 4.69) is 4.98 Å². The van der Waals surface area contributed by atoms with Crippen LogP contribution in [-0.4, -0.2) is 23.2 Å². The van der Waals surface area contributed by atoms with Gasteiger partial charge in [-0.2, -0.15) is 0 Å². The maximum absolute atomic E-state index is 8.80. The van der Waals surface area contributed by atoms with Crippen molar-refractivity contribution in [2.24, 2.45) is 5.73 Å². The molecule has 0 spiro atoms. The van der Waals surface area contributed by atoms with E-state index in [1.54, 1.807) is 11.7 Å². The second-order valence-electron chi connectivity index (χ2n) is 2.02. The minimum absolute atomic E-state index is 0.0764. The number of aliphatic hydroxyl groups is 1. The monoisotopic (exact) mass is 158 g/mol. The molecule has 3 N–H and O–H groups in total. The van der Waals surface area contributed by atoms with Gasteiger partial charge in [0.1, 0.15) is 0 Å². The Kier molecular flexibility index (Phi) is 2.80. The number of nitrogens with zero attached hydrogens (tertiary/aromatic N) is 1. The van der Waals surface area contributed by atoms with Crippen molar-refractivity contribution in [3.63, 3.8) is 0 Å². The number of thiazole rings is 1. The maximum Gasteiger partial charge on any atom is 0.0794 e. The largest absolute Gasteiger partial charge is 0.396 e. The normalized spacial score (nSPS) is 13.4. The van der Waals surface area contributed by atoms with Crippen LogP contribution in [0.25, 0.3) is 0 Å². The maximum atomic E-state index is 8.80. The van der Waals surface area contributed by atoms with Crippen molar-refractivity contribution in [2.45, 2.75) is 5.92 Å². The summed E-state index contributed by atoms with van der Waals surface area (Å²) < 4.78 is 0. The molecule has 56 valence electrons. The predicted octanol–water partition coefficient (Wildman–Crippen LogP) is 0.178. The van der Waals surface area contributed by atoms with Gasteiger partial charge in [0.15, 0.2) is 0 Å². The van der Waals surface area contributed by atoms with E-state index in [-0.39, 0.29) is 12.5 Å². The molecule has 0 aliphatic heterocycles. The fourth-order valence-electron chi connectivity index (χ4n) is 0.708. The second-order valence-corrected chi connectivity index (χ2v) is 2.94. The lowest BCUT2D eigenvalue weighted by Gasteiger charge is -2.06. The third kappa shape index (κ3) is 1.53. The lowest BCUT2D eigenvalue weighted by molar-refractivity contribution is 0.269. The summed E-state index contributed by atoms with van der Waals surface area (Å²) in [6, 6.07) is 0. The minimum Gasteiger partial charge on any atom is -0.396 e. The zero-order chi connectivity index (χ0) is 7.40. The number of aliphatic hydroxyl groups excluding tert-OH is 1. The summed E-state index contributed by atoms with van der Waals surface area (Å²) in [7, 11) is 0. The second kappa shape index (κ2) is 3.65. The van der Waals surface area contributed by atoms with E-state index >= 15 is 0 Å². The molecule has 1 unspecified atom stereocenters. The Morgan fingerprint density at radius 2 is 2.60 bits per heavy atom. The Morgan fingerprint density at radius 1 is 1.80 bits per heavy atom. The van der Waals surface area contributed by atoms with Crippen LogP contribution in [-0.2, 0) is 0 Å². The van der Waals surface area contributed by atoms with Crippen molar-refractivity contribution in [1.29, 1.82) is 0 Å². The van der Waals surface area contributed by atoms with Gasteiger partial charge in [-0.25, -0.2) is 0 Å². The molecule has 1 rings (SSSR count). The molecule has 0 radical (unpaired) electrons. The highest BCUT2D eigenvalue weighted by atomic mass is 32.1. The molecule has 0 aromatic carbocycles. The Morgan fingerprint density at radius 3 is 3.00 bits per heavy atom. The van der Waals surface area contributed by atoms with E-state index in [0.29, 0.717) is 6.54 Å². The van der Waals surface area contributed by atoms with Gasteiger partial charge < -0.3 is 10.8 Å². The number of hydrogen-bond acceptors (Lipinski definition) is 4. The van der Waals surface area contributed by atoms with Crippen LogP contribution in [0.4, 0.5) is 0 Å². The van der Waals surface area contributed by atoms with E-state index in [4.69, 9.17) is 10.8 Å². The van der Waals surface area contributed by atoms with Crippen molar-refractivity contribution in [3.8, 4) is 0 Å². The standard InChI is InChI=1S/C6H10N2OS/c7-1-5(3-9)6-2-8-4-10-6/h2,4-5,9H,1,3,7H2. The summed E-state index contributed by atoms with van der Waals surface area (Å²) >= 11 is 1.53. The number of hydrogen-bond donors (Lipinski definition) is 2. The molecule has 1 aromatic rings. The molecule has 0 aliphatic carbocycles. The van der Waals surface area contributed by atoms with Gasteiger partial charge in [-0.05, 0) is 0 Å². The van der Waals surface area contributed by atoms with Crippen molar-refractivity contribution in [1.82, 2.24) is 4.98 Å². The fraction of sp³-hybridized carbons (Fsp3) is 0.500. The Balaban J connectivity index is 2.64. The molecule has 1 atom stereocenters. The first kappa shape index (κ1) is 7.65. The smallest absolute Gasteiger partial charge is 0.0794 e. The van der Waals surface area contributed by atoms with E-state index < -0.39 is 0 Å². The predicted molar refractivity (Wildman–Crippen MR) is 41.0 cm³/mol. The molecule has 0 bridgehead atoms. The van der Waals surface area contributed by atoms with Gasteiger partial charge in [0.05, 0.1) is 12.1 Å². The van der Waals surface area contributed by atoms with Gasteiger partial charge in [0, 0.05) is 23.5 Å². The van der Waals surface area contributed by atoms with E-state index in [0.717, 1.165) is 4.88 Å². The summed E-state index contributed by atoms with van der Waals surface area (Å²) in [4.78, 5) is 4.95. The number of nitrogens with two attached hydrogens (primary N) is 1. The van der Waals surface area contributed by atoms with Crippen molar-refractivity contribution in [2.75, 3.05) is 13.2 Å². The van der Waals surface area contributed by atoms with Crippen LogP contribution in [0.5, 0.6) is 0 Å². The van der Waals surface area contributed by atoms with Crippen molar-refractivity contribution >= 4 is 11.3 Å². The van der Waals surface area contributed by atoms with Crippen LogP contribution >= 0.6 is 11.3 Å². The quantitative estimate of drug-likeness (QED) is 0.659. The van der Waals surface area contributed by atoms with Gasteiger partial charge in [-0.15, -0.1) is 11.3 Å². The third-order valence-electron chi connectivity index (χ3n) is 1.36. The summed E-state index contributed by atoms with van der Waals surface area (Å²) in [5.74, 6) is 0.0764. The Bertz CT molecular complexity index is 172. The average Bonchev–Trinajstić information content (AvgIpc) is 2.43. The first-order valence-corrected chi connectivity index (χ1v) is 3.95. The molecule has 1 aromatic heterocycles. The highest BCUT2D eigenvalue weighted by Crippen LogP contribution is 2.17. The zero-order valence-electron chi connectivity index (χ0n) is 5.53. The molecule has 0 fully saturated rings. The summed E-state index contributed by atoms with van der Waals surface area (Å²) in [5.41, 5.74) is 7.14. The highest BCUT2D eigenvalue weighted by molar-refractivity contribution is 7.09. The van der Waals surface area contributed by atoms with E-state index in [1.807, 2.05) is 0 Å². The molecule has 4 heteroatoms. The minimum atomic E-state index is 0.0764. The van der Waals surface area contributed by atoms with Crippen molar-refractivity contribution < 1.29 is 5.11 Å². The summed E-state index contributed by atoms with van der Waals surface area (Å²) in [6.45, 7) is 0.595. The van der Waals surface area contributed by atoms with Crippen LogP contribution in [0.15, 0.2) is 11.7 Å². The Labute approximate surface area is 63.5 Å². The fourth-order valence-corrected chi connectivity index (χ4v) is 1.44. The van der Waals surface area contributed by atoms with Gasteiger partial charge in [-0.3, -0.25) is 4.98 Å². The third-order valence-corrected chi connectivity index (χ3v) is 2.30. The number of rotatable bonds is 3. The van der Waals surface area contributed by atoms with Gasteiger partial charge in [0.2, 0.25) is 0 Å². The van der Waals surface area contributed by atoms with Crippen LogP contribution in [0.1, 0.15) is 10.8 Å². The summed E-state index contributed by atoms with van der Waals surface area (Å²) in [5, 5.41) is 8.80. The molecule has 0 saturated heterocycles. The topological polar surface area (TPSA) is 59.1 Å². The Hall–Kier alpha value is -0.450. The molecular formula is C6H10N2OS. The van der Waals surface area contributed by atoms with Crippen LogP contribution < -0.4 is 5.73 Å². The first-order chi connectivity index (χ1) is 4.88. The molecule has 0 amide bonds. The lowest BCUT2D eigenvalue weighted by Crippen LogP contribution is -2.14. The molecule has 3 nitrogen and oxygen atoms in total. The van der Waals surface area contributed by atoms with Crippen LogP contribution in [0, 0.1) is 0 Å². The van der Waals surface area contributed by atoms with Gasteiger partial charge in [-0.1, -0.05) is 0 Å². The molecule has 0 saturated carbocycles. The zero-order valence-corrected chi connectivity index (χ0v) is 6.34. The van der Waals surface area contributed by atoms with Gasteiger partial charge in [0.25, 0.3) is 0 Å². The van der Waals surface area contributed by atoms with E-state index in [1.165, 1.54) is 11.3 Å². The molecule has 0 aliphatic rings. The van der Waals surface area contributed by atoms with Gasteiger partial charge >= 0.3 is 0 Å². The van der Waals surface area contributed by atoms with E-state index in [9.17, 15) is 0 Å². The SMILES string of the molecule is NCC(CO)c1cncs1. The summed E-state index contributed by atoms with van der Waals surface area (Å²) in [6.07, 6.45) is 1.75. The van der Waals surface area contributed by atoms with Crippen LogP contribution in [0.2, 0.25) is 0 Å². The van der Waals surface area contributed by atoms with Crippen LogP contribution in [0.3, 0.4) is 0 Å². The number of aromatic nitrogens is 1. The highest BCUT2D eigenvalue weighted by Gasteiger charge is 2.08. The molecule has 1 heterocycles. The van der Waals surface area contributed by atoms with Crippen molar-refractivity contribution in [3.05, 3.63) is 16.6 Å². The lowest BCUT2D eigenvalue weighted by atomic mass is 10.1. The molecule has 10 heavy (non-hydrogen) atoms. The average molecular weight is 158 g/mol.